The number of aromatic nitrogens is 1. The van der Waals surface area contributed by atoms with E-state index in [1.807, 2.05) is 0 Å². The summed E-state index contributed by atoms with van der Waals surface area (Å²) in [5, 5.41) is 2.58. The van der Waals surface area contributed by atoms with E-state index in [1.54, 1.807) is 6.07 Å². The summed E-state index contributed by atoms with van der Waals surface area (Å²) < 4.78 is 44.3. The third-order valence-corrected chi connectivity index (χ3v) is 5.26. The van der Waals surface area contributed by atoms with Gasteiger partial charge in [-0.1, -0.05) is 0 Å². The van der Waals surface area contributed by atoms with Crippen LogP contribution in [0, 0.1) is 5.82 Å². The largest absolute Gasteiger partial charge is 0.385 e. The molecule has 0 aliphatic carbocycles. The van der Waals surface area contributed by atoms with Crippen molar-refractivity contribution in [3.8, 4) is 0 Å². The first-order chi connectivity index (χ1) is 13.0. The number of hydrogen-bond acceptors (Lipinski definition) is 4. The Kier molecular flexibility index (Phi) is 5.22. The van der Waals surface area contributed by atoms with E-state index in [-0.39, 0.29) is 16.9 Å². The summed E-state index contributed by atoms with van der Waals surface area (Å²) in [6, 6.07) is 6.86. The number of nitrogens with one attached hydrogen (secondary N) is 1. The molecular weight excluding hydrogens is 437 g/mol. The van der Waals surface area contributed by atoms with E-state index >= 15 is 0 Å². The predicted molar refractivity (Wildman–Crippen MR) is 104 cm³/mol. The number of benzene rings is 1. The number of alkyl halides is 2. The Bertz CT molecular complexity index is 949. The minimum absolute atomic E-state index is 0.125. The average Bonchev–Trinajstić information content (AvgIpc) is 2.62. The van der Waals surface area contributed by atoms with E-state index in [2.05, 4.69) is 31.2 Å². The van der Waals surface area contributed by atoms with Gasteiger partial charge in [-0.2, -0.15) is 0 Å². The molecule has 1 amide bonds. The number of pyridine rings is 1. The molecule has 2 aromatic rings. The normalized spacial score (nSPS) is 27.2. The molecule has 148 valence electrons. The first kappa shape index (κ1) is 20.3. The summed E-state index contributed by atoms with van der Waals surface area (Å²) in [6.45, 7) is 2.48. The molecule has 0 fully saturated rings. The van der Waals surface area contributed by atoms with Crippen molar-refractivity contribution in [1.29, 1.82) is 0 Å². The van der Waals surface area contributed by atoms with E-state index in [1.165, 1.54) is 31.3 Å². The number of anilines is 1. The zero-order chi connectivity index (χ0) is 20.7. The van der Waals surface area contributed by atoms with Crippen molar-refractivity contribution >= 4 is 33.4 Å². The van der Waals surface area contributed by atoms with Gasteiger partial charge in [0.25, 0.3) is 5.91 Å². The molecule has 28 heavy (non-hydrogen) atoms. The van der Waals surface area contributed by atoms with Crippen molar-refractivity contribution in [1.82, 2.24) is 4.98 Å². The molecule has 5 nitrogen and oxygen atoms in total. The average molecular weight is 455 g/mol. The highest BCUT2D eigenvalue weighted by Crippen LogP contribution is 2.42. The van der Waals surface area contributed by atoms with Crippen LogP contribution in [0.25, 0.3) is 0 Å². The van der Waals surface area contributed by atoms with Crippen molar-refractivity contribution in [2.24, 2.45) is 10.7 Å². The summed E-state index contributed by atoms with van der Waals surface area (Å²) in [5.41, 5.74) is 2.08. The zero-order valence-corrected chi connectivity index (χ0v) is 16.7. The minimum atomic E-state index is -2.10. The summed E-state index contributed by atoms with van der Waals surface area (Å²) in [7, 11) is 0. The highest BCUT2D eigenvalue weighted by Gasteiger charge is 2.49. The molecule has 0 radical (unpaired) electrons. The first-order valence-corrected chi connectivity index (χ1v) is 9.24. The van der Waals surface area contributed by atoms with Gasteiger partial charge in [0.05, 0.1) is 0 Å². The number of amidine groups is 1. The number of carbonyl (C=O) groups excluding carboxylic acids is 1. The second kappa shape index (κ2) is 7.20. The van der Waals surface area contributed by atoms with Crippen molar-refractivity contribution in [3.05, 3.63) is 58.1 Å². The van der Waals surface area contributed by atoms with E-state index in [9.17, 15) is 18.0 Å². The SMILES string of the molecule is C[C@]1(F)C[C@H](F)[C@@](C)(c2cc(NC(=O)c3ccc(Br)cn3)ccc2F)N=C1N. The van der Waals surface area contributed by atoms with Gasteiger partial charge < -0.3 is 11.1 Å². The lowest BCUT2D eigenvalue weighted by atomic mass is 9.79. The monoisotopic (exact) mass is 454 g/mol. The molecule has 0 spiro atoms. The van der Waals surface area contributed by atoms with E-state index < -0.39 is 41.4 Å². The van der Waals surface area contributed by atoms with Crippen molar-refractivity contribution in [3.63, 3.8) is 0 Å². The number of aliphatic imine (C=N–C) groups is 1. The Hall–Kier alpha value is -2.42. The van der Waals surface area contributed by atoms with Gasteiger partial charge in [-0.3, -0.25) is 9.79 Å². The van der Waals surface area contributed by atoms with Gasteiger partial charge in [-0.25, -0.2) is 18.2 Å². The van der Waals surface area contributed by atoms with Crippen LogP contribution in [0.5, 0.6) is 0 Å². The van der Waals surface area contributed by atoms with Crippen molar-refractivity contribution in [2.75, 3.05) is 5.32 Å². The van der Waals surface area contributed by atoms with Gasteiger partial charge in [-0.15, -0.1) is 0 Å². The second-order valence-electron chi connectivity index (χ2n) is 7.02. The predicted octanol–water partition coefficient (Wildman–Crippen LogP) is 4.28. The molecule has 3 atom stereocenters. The molecule has 3 rings (SSSR count). The Morgan fingerprint density at radius 2 is 2.04 bits per heavy atom. The Labute approximate surface area is 168 Å². The molecule has 1 aromatic carbocycles. The summed E-state index contributed by atoms with van der Waals surface area (Å²) in [5.74, 6) is -1.64. The molecule has 0 saturated heterocycles. The van der Waals surface area contributed by atoms with Gasteiger partial charge >= 0.3 is 0 Å². The molecule has 0 bridgehead atoms. The highest BCUT2D eigenvalue weighted by atomic mass is 79.9. The van der Waals surface area contributed by atoms with Crippen LogP contribution in [-0.2, 0) is 5.54 Å². The van der Waals surface area contributed by atoms with Crippen LogP contribution in [0.1, 0.15) is 36.3 Å². The summed E-state index contributed by atoms with van der Waals surface area (Å²) in [4.78, 5) is 20.2. The fourth-order valence-corrected chi connectivity index (χ4v) is 3.24. The van der Waals surface area contributed by atoms with Gasteiger partial charge in [0.1, 0.15) is 29.1 Å². The van der Waals surface area contributed by atoms with E-state index in [0.29, 0.717) is 4.47 Å². The van der Waals surface area contributed by atoms with Crippen LogP contribution in [-0.4, -0.2) is 28.6 Å². The minimum Gasteiger partial charge on any atom is -0.385 e. The molecule has 1 aromatic heterocycles. The standard InChI is InChI=1S/C19H18BrF3N4O/c1-18(23)8-15(22)19(2,27-17(18)24)12-7-11(4-5-13(12)21)26-16(28)14-6-3-10(20)9-25-14/h3-7,9,15H,8H2,1-2H3,(H2,24,27)(H,26,28)/t15-,18-,19+/m0/s1. The number of nitrogens with two attached hydrogens (primary N) is 1. The molecule has 0 unspecified atom stereocenters. The third-order valence-electron chi connectivity index (χ3n) is 4.79. The maximum atomic E-state index is 14.8. The fraction of sp³-hybridized carbons (Fsp3) is 0.316. The molecule has 2 heterocycles. The highest BCUT2D eigenvalue weighted by molar-refractivity contribution is 9.10. The maximum absolute atomic E-state index is 14.8. The number of halogens is 4. The van der Waals surface area contributed by atoms with Gasteiger partial charge in [0.15, 0.2) is 5.67 Å². The van der Waals surface area contributed by atoms with Gasteiger partial charge in [-0.05, 0) is 60.1 Å². The molecule has 3 N–H and O–H groups in total. The molecule has 9 heteroatoms. The zero-order valence-electron chi connectivity index (χ0n) is 15.1. The summed E-state index contributed by atoms with van der Waals surface area (Å²) in [6.07, 6.45) is -0.881. The number of nitrogens with zero attached hydrogens (tertiary/aromatic N) is 2. The third kappa shape index (κ3) is 3.76. The Morgan fingerprint density at radius 3 is 2.68 bits per heavy atom. The maximum Gasteiger partial charge on any atom is 0.274 e. The number of amides is 1. The summed E-state index contributed by atoms with van der Waals surface area (Å²) >= 11 is 3.23. The Morgan fingerprint density at radius 1 is 1.32 bits per heavy atom. The van der Waals surface area contributed by atoms with Crippen molar-refractivity contribution in [2.45, 2.75) is 37.6 Å². The number of hydrogen-bond donors (Lipinski definition) is 2. The molecule has 0 saturated carbocycles. The van der Waals surface area contributed by atoms with Crippen molar-refractivity contribution < 1.29 is 18.0 Å². The van der Waals surface area contributed by atoms with Crippen LogP contribution < -0.4 is 11.1 Å². The van der Waals surface area contributed by atoms with Gasteiger partial charge in [0, 0.05) is 28.3 Å². The van der Waals surface area contributed by atoms with E-state index in [4.69, 9.17) is 5.73 Å². The fourth-order valence-electron chi connectivity index (χ4n) is 3.00. The smallest absolute Gasteiger partial charge is 0.274 e. The Balaban J connectivity index is 1.95. The van der Waals surface area contributed by atoms with Crippen LogP contribution >= 0.6 is 15.9 Å². The van der Waals surface area contributed by atoms with Gasteiger partial charge in [0.2, 0.25) is 0 Å². The number of carbonyl (C=O) groups is 1. The molecule has 1 aliphatic heterocycles. The molecular formula is C19H18BrF3N4O. The lowest BCUT2D eigenvalue weighted by Gasteiger charge is -2.38. The van der Waals surface area contributed by atoms with E-state index in [0.717, 1.165) is 13.0 Å². The lowest BCUT2D eigenvalue weighted by Crippen LogP contribution is -2.51. The van der Waals surface area contributed by atoms with Crippen LogP contribution in [0.2, 0.25) is 0 Å². The quantitative estimate of drug-likeness (QED) is 0.726. The van der Waals surface area contributed by atoms with Crippen LogP contribution in [0.3, 0.4) is 0 Å². The second-order valence-corrected chi connectivity index (χ2v) is 7.94. The lowest BCUT2D eigenvalue weighted by molar-refractivity contribution is 0.102. The first-order valence-electron chi connectivity index (χ1n) is 8.44. The topological polar surface area (TPSA) is 80.4 Å². The number of rotatable bonds is 3. The molecule has 1 aliphatic rings. The van der Waals surface area contributed by atoms with Crippen LogP contribution in [0.15, 0.2) is 46.0 Å². The van der Waals surface area contributed by atoms with Crippen LogP contribution in [0.4, 0.5) is 18.9 Å².